The third-order valence-electron chi connectivity index (χ3n) is 2.60. The van der Waals surface area contributed by atoms with E-state index in [2.05, 4.69) is 4.98 Å². The molecule has 1 aromatic carbocycles. The highest BCUT2D eigenvalue weighted by molar-refractivity contribution is 7.13. The number of rotatable bonds is 5. The van der Waals surface area contributed by atoms with E-state index in [4.69, 9.17) is 4.74 Å². The highest BCUT2D eigenvalue weighted by atomic mass is 32.1. The van der Waals surface area contributed by atoms with Gasteiger partial charge in [-0.15, -0.1) is 11.3 Å². The van der Waals surface area contributed by atoms with Crippen molar-refractivity contribution in [2.45, 2.75) is 13.3 Å². The summed E-state index contributed by atoms with van der Waals surface area (Å²) in [7, 11) is 1.96. The maximum atomic E-state index is 11.4. The van der Waals surface area contributed by atoms with Crippen molar-refractivity contribution in [2.24, 2.45) is 0 Å². The zero-order valence-electron chi connectivity index (χ0n) is 11.0. The Bertz CT molecular complexity index is 539. The maximum absolute atomic E-state index is 11.4. The number of ether oxygens (including phenoxy) is 1. The number of para-hydroxylation sites is 1. The smallest absolute Gasteiger partial charge is 0.311 e. The molecule has 0 unspecified atom stereocenters. The molecular weight excluding hydrogens is 260 g/mol. The molecule has 0 saturated heterocycles. The van der Waals surface area contributed by atoms with Crippen molar-refractivity contribution < 1.29 is 9.53 Å². The standard InChI is InChI=1S/C14H16N2O2S/c1-3-18-13(17)9-11-10-19-14(15-11)16(2)12-7-5-4-6-8-12/h4-8,10H,3,9H2,1-2H3. The van der Waals surface area contributed by atoms with Crippen LogP contribution in [0.25, 0.3) is 0 Å². The second-order valence-corrected chi connectivity index (χ2v) is 4.83. The van der Waals surface area contributed by atoms with Gasteiger partial charge in [-0.2, -0.15) is 0 Å². The first-order valence-corrected chi connectivity index (χ1v) is 6.97. The molecule has 0 atom stereocenters. The third kappa shape index (κ3) is 3.54. The van der Waals surface area contributed by atoms with E-state index in [-0.39, 0.29) is 12.4 Å². The molecule has 0 spiro atoms. The van der Waals surface area contributed by atoms with Crippen LogP contribution in [0.5, 0.6) is 0 Å². The fraction of sp³-hybridized carbons (Fsp3) is 0.286. The Balaban J connectivity index is 2.06. The Kier molecular flexibility index (Phi) is 4.52. The van der Waals surface area contributed by atoms with Crippen molar-refractivity contribution >= 4 is 28.1 Å². The molecule has 0 radical (unpaired) electrons. The zero-order chi connectivity index (χ0) is 13.7. The molecule has 2 rings (SSSR count). The van der Waals surface area contributed by atoms with Crippen LogP contribution in [0.2, 0.25) is 0 Å². The van der Waals surface area contributed by atoms with Crippen LogP contribution in [0.4, 0.5) is 10.8 Å². The fourth-order valence-corrected chi connectivity index (χ4v) is 2.46. The Hall–Kier alpha value is -1.88. The minimum Gasteiger partial charge on any atom is -0.466 e. The molecule has 5 heteroatoms. The molecule has 4 nitrogen and oxygen atoms in total. The second-order valence-electron chi connectivity index (χ2n) is 4.00. The SMILES string of the molecule is CCOC(=O)Cc1csc(N(C)c2ccccc2)n1. The number of thiazole rings is 1. The first-order valence-electron chi connectivity index (χ1n) is 6.09. The lowest BCUT2D eigenvalue weighted by Crippen LogP contribution is -2.10. The third-order valence-corrected chi connectivity index (χ3v) is 3.57. The van der Waals surface area contributed by atoms with Gasteiger partial charge in [0, 0.05) is 18.1 Å². The summed E-state index contributed by atoms with van der Waals surface area (Å²) in [6.45, 7) is 2.20. The Morgan fingerprint density at radius 2 is 2.11 bits per heavy atom. The van der Waals surface area contributed by atoms with Crippen molar-refractivity contribution in [2.75, 3.05) is 18.6 Å². The van der Waals surface area contributed by atoms with E-state index in [0.29, 0.717) is 6.61 Å². The van der Waals surface area contributed by atoms with Crippen molar-refractivity contribution in [3.8, 4) is 0 Å². The number of carbonyl (C=O) groups excluding carboxylic acids is 1. The van der Waals surface area contributed by atoms with Gasteiger partial charge in [0.05, 0.1) is 18.7 Å². The highest BCUT2D eigenvalue weighted by Crippen LogP contribution is 2.26. The van der Waals surface area contributed by atoms with E-state index >= 15 is 0 Å². The van der Waals surface area contributed by atoms with Gasteiger partial charge in [0.15, 0.2) is 5.13 Å². The lowest BCUT2D eigenvalue weighted by molar-refractivity contribution is -0.142. The highest BCUT2D eigenvalue weighted by Gasteiger charge is 2.11. The molecule has 0 aliphatic rings. The number of hydrogen-bond acceptors (Lipinski definition) is 5. The van der Waals surface area contributed by atoms with E-state index in [9.17, 15) is 4.79 Å². The van der Waals surface area contributed by atoms with Crippen molar-refractivity contribution in [3.63, 3.8) is 0 Å². The number of aromatic nitrogens is 1. The minimum absolute atomic E-state index is 0.229. The van der Waals surface area contributed by atoms with E-state index < -0.39 is 0 Å². The summed E-state index contributed by atoms with van der Waals surface area (Å²) < 4.78 is 4.91. The average molecular weight is 276 g/mol. The second kappa shape index (κ2) is 6.33. The summed E-state index contributed by atoms with van der Waals surface area (Å²) in [5.74, 6) is -0.235. The molecule has 1 heterocycles. The van der Waals surface area contributed by atoms with Gasteiger partial charge in [-0.25, -0.2) is 4.98 Å². The number of carbonyl (C=O) groups is 1. The topological polar surface area (TPSA) is 42.4 Å². The van der Waals surface area contributed by atoms with Crippen LogP contribution in [0.15, 0.2) is 35.7 Å². The summed E-state index contributed by atoms with van der Waals surface area (Å²) >= 11 is 1.52. The van der Waals surface area contributed by atoms with Crippen LogP contribution in [0, 0.1) is 0 Å². The largest absolute Gasteiger partial charge is 0.466 e. The van der Waals surface area contributed by atoms with Gasteiger partial charge in [-0.05, 0) is 19.1 Å². The number of nitrogens with zero attached hydrogens (tertiary/aromatic N) is 2. The molecule has 0 bridgehead atoms. The fourth-order valence-electron chi connectivity index (χ4n) is 1.65. The number of hydrogen-bond donors (Lipinski definition) is 0. The first-order chi connectivity index (χ1) is 9.20. The van der Waals surface area contributed by atoms with Crippen molar-refractivity contribution in [1.29, 1.82) is 0 Å². The summed E-state index contributed by atoms with van der Waals surface area (Å²) in [5.41, 5.74) is 1.82. The Labute approximate surface area is 116 Å². The predicted molar refractivity (Wildman–Crippen MR) is 77.0 cm³/mol. The molecule has 1 aromatic heterocycles. The van der Waals surface area contributed by atoms with Gasteiger partial charge in [-0.3, -0.25) is 4.79 Å². The van der Waals surface area contributed by atoms with Crippen LogP contribution in [0.3, 0.4) is 0 Å². The summed E-state index contributed by atoms with van der Waals surface area (Å²) in [5, 5.41) is 2.76. The Morgan fingerprint density at radius 3 is 2.79 bits per heavy atom. The minimum atomic E-state index is -0.235. The molecule has 2 aromatic rings. The monoisotopic (exact) mass is 276 g/mol. The molecule has 0 fully saturated rings. The first kappa shape index (κ1) is 13.5. The quantitative estimate of drug-likeness (QED) is 0.787. The average Bonchev–Trinajstić information content (AvgIpc) is 2.87. The molecule has 0 aliphatic heterocycles. The number of benzene rings is 1. The maximum Gasteiger partial charge on any atom is 0.311 e. The molecule has 0 N–H and O–H groups in total. The predicted octanol–water partition coefficient (Wildman–Crippen LogP) is 3.02. The van der Waals surface area contributed by atoms with E-state index in [1.807, 2.05) is 47.7 Å². The van der Waals surface area contributed by atoms with Crippen LogP contribution >= 0.6 is 11.3 Å². The lowest BCUT2D eigenvalue weighted by atomic mass is 10.3. The molecule has 0 amide bonds. The normalized spacial score (nSPS) is 10.2. The zero-order valence-corrected chi connectivity index (χ0v) is 11.8. The van der Waals surface area contributed by atoms with Gasteiger partial charge in [-0.1, -0.05) is 18.2 Å². The van der Waals surface area contributed by atoms with Gasteiger partial charge in [0.25, 0.3) is 0 Å². The van der Waals surface area contributed by atoms with Crippen LogP contribution in [-0.4, -0.2) is 24.6 Å². The van der Waals surface area contributed by atoms with Gasteiger partial charge in [0.1, 0.15) is 0 Å². The summed E-state index contributed by atoms with van der Waals surface area (Å²) in [6.07, 6.45) is 0.229. The van der Waals surface area contributed by atoms with Crippen LogP contribution in [-0.2, 0) is 16.0 Å². The van der Waals surface area contributed by atoms with Gasteiger partial charge >= 0.3 is 5.97 Å². The molecule has 0 saturated carbocycles. The van der Waals surface area contributed by atoms with Crippen molar-refractivity contribution in [3.05, 3.63) is 41.4 Å². The van der Waals surface area contributed by atoms with E-state index in [1.54, 1.807) is 6.92 Å². The Morgan fingerprint density at radius 1 is 1.37 bits per heavy atom. The van der Waals surface area contributed by atoms with Crippen molar-refractivity contribution in [1.82, 2.24) is 4.98 Å². The van der Waals surface area contributed by atoms with Crippen LogP contribution in [0.1, 0.15) is 12.6 Å². The lowest BCUT2D eigenvalue weighted by Gasteiger charge is -2.15. The molecule has 100 valence electrons. The van der Waals surface area contributed by atoms with E-state index in [1.165, 1.54) is 11.3 Å². The van der Waals surface area contributed by atoms with Gasteiger partial charge < -0.3 is 9.64 Å². The number of esters is 1. The molecule has 0 aliphatic carbocycles. The number of anilines is 2. The van der Waals surface area contributed by atoms with Gasteiger partial charge in [0.2, 0.25) is 0 Å². The molecule has 19 heavy (non-hydrogen) atoms. The summed E-state index contributed by atoms with van der Waals surface area (Å²) in [4.78, 5) is 17.8. The molecular formula is C14H16N2O2S. The van der Waals surface area contributed by atoms with Crippen LogP contribution < -0.4 is 4.90 Å². The summed E-state index contributed by atoms with van der Waals surface area (Å²) in [6, 6.07) is 9.99. The van der Waals surface area contributed by atoms with E-state index in [0.717, 1.165) is 16.5 Å².